The fourth-order valence-electron chi connectivity index (χ4n) is 3.77. The number of anilines is 1. The van der Waals surface area contributed by atoms with Crippen molar-refractivity contribution in [2.45, 2.75) is 18.9 Å². The lowest BCUT2D eigenvalue weighted by Crippen LogP contribution is -2.54. The van der Waals surface area contributed by atoms with E-state index in [1.165, 1.54) is 25.5 Å². The average molecular weight is 329 g/mol. The zero-order valence-electron chi connectivity index (χ0n) is 14.0. The van der Waals surface area contributed by atoms with Crippen LogP contribution in [0, 0.1) is 21.4 Å². The molecule has 2 saturated heterocycles. The monoisotopic (exact) mass is 329 g/mol. The second-order valence-corrected chi connectivity index (χ2v) is 6.65. The van der Waals surface area contributed by atoms with E-state index in [2.05, 4.69) is 21.7 Å². The Hall–Kier alpha value is -2.17. The summed E-state index contributed by atoms with van der Waals surface area (Å²) in [5.41, 5.74) is 0.980. The fraction of sp³-hybridized carbons (Fsp3) is 0.588. The van der Waals surface area contributed by atoms with Gasteiger partial charge in [0.15, 0.2) is 0 Å². The Morgan fingerprint density at radius 3 is 2.62 bits per heavy atom. The fourth-order valence-corrected chi connectivity index (χ4v) is 3.77. The molecule has 7 heteroatoms. The number of nitrogens with zero attached hydrogens (tertiary/aromatic N) is 5. The van der Waals surface area contributed by atoms with Crippen molar-refractivity contribution < 1.29 is 4.92 Å². The molecule has 2 heterocycles. The summed E-state index contributed by atoms with van der Waals surface area (Å²) in [5.74, 6) is 0. The van der Waals surface area contributed by atoms with Crippen molar-refractivity contribution in [1.82, 2.24) is 9.80 Å². The first kappa shape index (κ1) is 16.7. The van der Waals surface area contributed by atoms with Gasteiger partial charge in [0.1, 0.15) is 5.69 Å². The lowest BCUT2D eigenvalue weighted by molar-refractivity contribution is -0.384. The van der Waals surface area contributed by atoms with Gasteiger partial charge in [-0.15, -0.1) is 0 Å². The summed E-state index contributed by atoms with van der Waals surface area (Å²) in [5, 5.41) is 20.3. The molecule has 0 radical (unpaired) electrons. The third-order valence-electron chi connectivity index (χ3n) is 5.07. The molecule has 0 aliphatic carbocycles. The SMILES string of the molecule is CN1CCCC(N2CCN(c3ccc(C#N)cc3[N+](=O)[O-])CC2)C1. The molecule has 2 aliphatic heterocycles. The van der Waals surface area contributed by atoms with E-state index in [0.29, 0.717) is 17.3 Å². The van der Waals surface area contributed by atoms with Gasteiger partial charge in [-0.25, -0.2) is 0 Å². The molecule has 0 amide bonds. The van der Waals surface area contributed by atoms with Gasteiger partial charge in [-0.05, 0) is 38.6 Å². The number of piperazine rings is 1. The normalized spacial score (nSPS) is 23.0. The standard InChI is InChI=1S/C17H23N5O2/c1-19-6-2-3-15(13-19)20-7-9-21(10-8-20)16-5-4-14(12-18)11-17(16)22(23)24/h4-5,11,15H,2-3,6-10,13H2,1H3. The molecular formula is C17H23N5O2. The van der Waals surface area contributed by atoms with Crippen LogP contribution in [0.5, 0.6) is 0 Å². The molecule has 1 atom stereocenters. The molecule has 1 aromatic carbocycles. The molecule has 128 valence electrons. The zero-order chi connectivity index (χ0) is 17.1. The first-order chi connectivity index (χ1) is 11.6. The number of nitro groups is 1. The molecule has 1 unspecified atom stereocenters. The Morgan fingerprint density at radius 1 is 1.25 bits per heavy atom. The van der Waals surface area contributed by atoms with Gasteiger partial charge in [-0.1, -0.05) is 0 Å². The van der Waals surface area contributed by atoms with Crippen LogP contribution >= 0.6 is 0 Å². The number of nitro benzene ring substituents is 1. The van der Waals surface area contributed by atoms with E-state index in [-0.39, 0.29) is 5.69 Å². The minimum Gasteiger partial charge on any atom is -0.363 e. The Morgan fingerprint density at radius 2 is 2.00 bits per heavy atom. The van der Waals surface area contributed by atoms with Crippen LogP contribution in [0.15, 0.2) is 18.2 Å². The second-order valence-electron chi connectivity index (χ2n) is 6.65. The van der Waals surface area contributed by atoms with E-state index >= 15 is 0 Å². The second kappa shape index (κ2) is 7.16. The van der Waals surface area contributed by atoms with Crippen molar-refractivity contribution in [2.24, 2.45) is 0 Å². The van der Waals surface area contributed by atoms with Crippen molar-refractivity contribution in [3.63, 3.8) is 0 Å². The van der Waals surface area contributed by atoms with Crippen LogP contribution in [-0.2, 0) is 0 Å². The Balaban J connectivity index is 1.68. The molecule has 0 bridgehead atoms. The van der Waals surface area contributed by atoms with Crippen molar-refractivity contribution >= 4 is 11.4 Å². The molecule has 0 N–H and O–H groups in total. The van der Waals surface area contributed by atoms with Gasteiger partial charge < -0.3 is 9.80 Å². The molecule has 2 aliphatic rings. The minimum absolute atomic E-state index is 0.0277. The summed E-state index contributed by atoms with van der Waals surface area (Å²) >= 11 is 0. The van der Waals surface area contributed by atoms with E-state index in [0.717, 1.165) is 32.7 Å². The first-order valence-electron chi connectivity index (χ1n) is 8.44. The molecule has 24 heavy (non-hydrogen) atoms. The zero-order valence-corrected chi connectivity index (χ0v) is 14.0. The van der Waals surface area contributed by atoms with Crippen LogP contribution in [-0.4, -0.2) is 67.1 Å². The molecule has 3 rings (SSSR count). The molecule has 0 aromatic heterocycles. The number of hydrogen-bond donors (Lipinski definition) is 0. The number of piperidine rings is 1. The van der Waals surface area contributed by atoms with Crippen LogP contribution < -0.4 is 4.90 Å². The van der Waals surface area contributed by atoms with Gasteiger partial charge in [0.25, 0.3) is 5.69 Å². The number of hydrogen-bond acceptors (Lipinski definition) is 6. The van der Waals surface area contributed by atoms with E-state index in [1.807, 2.05) is 6.07 Å². The molecule has 0 saturated carbocycles. The number of likely N-dealkylation sites (tertiary alicyclic amines) is 1. The number of likely N-dealkylation sites (N-methyl/N-ethyl adjacent to an activating group) is 1. The van der Waals surface area contributed by atoms with Gasteiger partial charge in [0.2, 0.25) is 0 Å². The largest absolute Gasteiger partial charge is 0.363 e. The van der Waals surface area contributed by atoms with E-state index < -0.39 is 4.92 Å². The first-order valence-corrected chi connectivity index (χ1v) is 8.44. The smallest absolute Gasteiger partial charge is 0.293 e. The predicted molar refractivity (Wildman–Crippen MR) is 92.1 cm³/mol. The van der Waals surface area contributed by atoms with E-state index in [4.69, 9.17) is 5.26 Å². The van der Waals surface area contributed by atoms with Crippen molar-refractivity contribution in [1.29, 1.82) is 5.26 Å². The van der Waals surface area contributed by atoms with Crippen LogP contribution in [0.1, 0.15) is 18.4 Å². The number of nitriles is 1. The minimum atomic E-state index is -0.390. The van der Waals surface area contributed by atoms with Gasteiger partial charge in [0.05, 0.1) is 16.6 Å². The van der Waals surface area contributed by atoms with Crippen molar-refractivity contribution in [2.75, 3.05) is 51.2 Å². The highest BCUT2D eigenvalue weighted by molar-refractivity contribution is 5.65. The van der Waals surface area contributed by atoms with Crippen LogP contribution in [0.2, 0.25) is 0 Å². The van der Waals surface area contributed by atoms with Crippen molar-refractivity contribution in [3.05, 3.63) is 33.9 Å². The van der Waals surface area contributed by atoms with Crippen LogP contribution in [0.25, 0.3) is 0 Å². The Labute approximate surface area is 142 Å². The Kier molecular flexibility index (Phi) is 4.97. The quantitative estimate of drug-likeness (QED) is 0.620. The van der Waals surface area contributed by atoms with E-state index in [9.17, 15) is 10.1 Å². The summed E-state index contributed by atoms with van der Waals surface area (Å²) in [4.78, 5) is 17.9. The summed E-state index contributed by atoms with van der Waals surface area (Å²) in [6.07, 6.45) is 2.48. The molecule has 1 aromatic rings. The Bertz CT molecular complexity index is 649. The highest BCUT2D eigenvalue weighted by Crippen LogP contribution is 2.30. The lowest BCUT2D eigenvalue weighted by atomic mass is 10.0. The maximum absolute atomic E-state index is 11.3. The highest BCUT2D eigenvalue weighted by Gasteiger charge is 2.29. The predicted octanol–water partition coefficient (Wildman–Crippen LogP) is 1.68. The molecular weight excluding hydrogens is 306 g/mol. The lowest BCUT2D eigenvalue weighted by Gasteiger charge is -2.43. The maximum atomic E-state index is 11.3. The summed E-state index contributed by atoms with van der Waals surface area (Å²) in [6.45, 7) is 5.70. The van der Waals surface area contributed by atoms with Crippen molar-refractivity contribution in [3.8, 4) is 6.07 Å². The third kappa shape index (κ3) is 3.50. The number of benzene rings is 1. The summed E-state index contributed by atoms with van der Waals surface area (Å²) in [6, 6.07) is 7.31. The van der Waals surface area contributed by atoms with E-state index in [1.54, 1.807) is 12.1 Å². The van der Waals surface area contributed by atoms with Crippen LogP contribution in [0.4, 0.5) is 11.4 Å². The van der Waals surface area contributed by atoms with Gasteiger partial charge in [-0.3, -0.25) is 15.0 Å². The third-order valence-corrected chi connectivity index (χ3v) is 5.07. The molecule has 0 spiro atoms. The summed E-state index contributed by atoms with van der Waals surface area (Å²) < 4.78 is 0. The topological polar surface area (TPSA) is 76.6 Å². The van der Waals surface area contributed by atoms with Gasteiger partial charge >= 0.3 is 0 Å². The van der Waals surface area contributed by atoms with Gasteiger partial charge in [0, 0.05) is 44.8 Å². The number of rotatable bonds is 3. The molecule has 7 nitrogen and oxygen atoms in total. The van der Waals surface area contributed by atoms with Crippen LogP contribution in [0.3, 0.4) is 0 Å². The molecule has 2 fully saturated rings. The average Bonchev–Trinajstić information content (AvgIpc) is 2.61. The van der Waals surface area contributed by atoms with Gasteiger partial charge in [-0.2, -0.15) is 5.26 Å². The maximum Gasteiger partial charge on any atom is 0.293 e. The highest BCUT2D eigenvalue weighted by atomic mass is 16.6. The summed E-state index contributed by atoms with van der Waals surface area (Å²) in [7, 11) is 2.17.